The molecule has 174 valence electrons. The van der Waals surface area contributed by atoms with Crippen LogP contribution in [-0.4, -0.2) is 27.6 Å². The second-order valence-electron chi connectivity index (χ2n) is 7.32. The van der Waals surface area contributed by atoms with Gasteiger partial charge in [0.25, 0.3) is 0 Å². The van der Waals surface area contributed by atoms with Crippen LogP contribution in [0.15, 0.2) is 0 Å². The van der Waals surface area contributed by atoms with Crippen molar-refractivity contribution in [2.24, 2.45) is 0 Å². The summed E-state index contributed by atoms with van der Waals surface area (Å²) < 4.78 is 2.74. The molecular weight excluding hydrogens is 832 g/mol. The second-order valence-corrected chi connectivity index (χ2v) is 18.8. The van der Waals surface area contributed by atoms with Gasteiger partial charge >= 0.3 is 5.97 Å². The highest BCUT2D eigenvalue weighted by atomic mass is 79.9. The van der Waals surface area contributed by atoms with Gasteiger partial charge in [0.15, 0.2) is 0 Å². The smallest absolute Gasteiger partial charge is 0.336 e. The maximum atomic E-state index is 12.5. The molecule has 0 aromatic carbocycles. The van der Waals surface area contributed by atoms with Crippen LogP contribution >= 0.6 is 112 Å². The zero-order chi connectivity index (χ0) is 22.4. The predicted octanol–water partition coefficient (Wildman–Crippen LogP) is 10.5. The summed E-state index contributed by atoms with van der Waals surface area (Å²) in [4.78, 5) is 12.5. The summed E-state index contributed by atoms with van der Waals surface area (Å²) in [6.07, 6.45) is 16.6. The molecule has 0 bridgehead atoms. The van der Waals surface area contributed by atoms with Crippen LogP contribution in [0.4, 0.5) is 0 Å². The van der Waals surface area contributed by atoms with Gasteiger partial charge in [0, 0.05) is 5.33 Å². The molecule has 0 atom stereocenters. The number of esters is 1. The van der Waals surface area contributed by atoms with Gasteiger partial charge in [-0.1, -0.05) is 195 Å². The molecule has 0 saturated carbocycles. The van der Waals surface area contributed by atoms with E-state index in [1.54, 1.807) is 0 Å². The van der Waals surface area contributed by atoms with Gasteiger partial charge in [-0.2, -0.15) is 0 Å². The molecule has 0 aromatic heterocycles. The Hall–Kier alpha value is 2.83. The van der Waals surface area contributed by atoms with Crippen LogP contribution < -0.4 is 0 Å². The quantitative estimate of drug-likeness (QED) is 0.0780. The van der Waals surface area contributed by atoms with Crippen molar-refractivity contribution in [3.63, 3.8) is 0 Å². The third-order valence-electron chi connectivity index (χ3n) is 4.76. The largest absolute Gasteiger partial charge is 0.463 e. The maximum Gasteiger partial charge on any atom is 0.336 e. The predicted molar refractivity (Wildman–Crippen MR) is 152 cm³/mol. The van der Waals surface area contributed by atoms with Crippen molar-refractivity contribution in [1.82, 2.24) is 0 Å². The lowest BCUT2D eigenvalue weighted by Gasteiger charge is -2.41. The molecule has 0 spiro atoms. The molecule has 0 radical (unpaired) electrons. The van der Waals surface area contributed by atoms with E-state index in [0.29, 0.717) is 11.9 Å². The Labute approximate surface area is 236 Å². The van der Waals surface area contributed by atoms with Crippen molar-refractivity contribution < 1.29 is 9.53 Å². The third kappa shape index (κ3) is 12.2. The van der Waals surface area contributed by atoms with Gasteiger partial charge in [-0.05, 0) is 6.42 Å². The van der Waals surface area contributed by atoms with Crippen LogP contribution in [-0.2, 0) is 9.53 Å². The van der Waals surface area contributed by atoms with Crippen molar-refractivity contribution in [2.75, 3.05) is 11.9 Å². The average Bonchev–Trinajstić information content (AvgIpc) is 2.66. The first-order valence-corrected chi connectivity index (χ1v) is 16.3. The number of hydrogen-bond donors (Lipinski definition) is 0. The summed E-state index contributed by atoms with van der Waals surface area (Å²) >= 11 is 25.1. The van der Waals surface area contributed by atoms with Crippen molar-refractivity contribution in [2.45, 2.75) is 100 Å². The minimum Gasteiger partial charge on any atom is -0.463 e. The standard InChI is InChI=1S/C20H33Br7O2/c1-2-3-4-5-6-7-8-9-10-11-12-13-14-18(22,23)20(26,27)19(24,25)17(28)29-16-15-21/h2-16H2,1H3. The topological polar surface area (TPSA) is 26.3 Å². The molecule has 0 N–H and O–H groups in total. The molecule has 0 amide bonds. The fourth-order valence-corrected chi connectivity index (χ4v) is 6.93. The molecule has 29 heavy (non-hydrogen) atoms. The van der Waals surface area contributed by atoms with Gasteiger partial charge in [0.05, 0.1) is 0 Å². The summed E-state index contributed by atoms with van der Waals surface area (Å²) in [5.41, 5.74) is 0. The van der Waals surface area contributed by atoms with Crippen LogP contribution in [0, 0.1) is 0 Å². The number of halogens is 7. The molecule has 0 aliphatic rings. The zero-order valence-electron chi connectivity index (χ0n) is 17.1. The fourth-order valence-electron chi connectivity index (χ4n) is 2.92. The van der Waals surface area contributed by atoms with E-state index in [-0.39, 0.29) is 0 Å². The Morgan fingerprint density at radius 3 is 1.55 bits per heavy atom. The molecule has 0 aliphatic heterocycles. The number of rotatable bonds is 18. The van der Waals surface area contributed by atoms with Crippen molar-refractivity contribution >= 4 is 117 Å². The minimum absolute atomic E-state index is 0.310. The highest BCUT2D eigenvalue weighted by Gasteiger charge is 2.61. The summed E-state index contributed by atoms with van der Waals surface area (Å²) in [6.45, 7) is 2.57. The Kier molecular flexibility index (Phi) is 19.0. The van der Waals surface area contributed by atoms with Crippen molar-refractivity contribution in [3.05, 3.63) is 0 Å². The SMILES string of the molecule is CCCCCCCCCCCCCCC(Br)(Br)C(Br)(Br)C(Br)(Br)C(=O)OCCBr. The molecule has 9 heteroatoms. The van der Waals surface area contributed by atoms with Crippen LogP contribution in [0.5, 0.6) is 0 Å². The van der Waals surface area contributed by atoms with E-state index in [9.17, 15) is 4.79 Å². The van der Waals surface area contributed by atoms with Crippen LogP contribution in [0.3, 0.4) is 0 Å². The van der Waals surface area contributed by atoms with Gasteiger partial charge in [-0.25, -0.2) is 4.79 Å². The zero-order valence-corrected chi connectivity index (χ0v) is 28.2. The number of ether oxygens (including phenoxy) is 1. The number of alkyl halides is 7. The first-order valence-electron chi connectivity index (χ1n) is 10.4. The second kappa shape index (κ2) is 17.3. The molecule has 0 aromatic rings. The van der Waals surface area contributed by atoms with E-state index >= 15 is 0 Å². The number of hydrogen-bond acceptors (Lipinski definition) is 2. The van der Waals surface area contributed by atoms with Gasteiger partial charge in [0.2, 0.25) is 3.23 Å². The maximum absolute atomic E-state index is 12.5. The first-order chi connectivity index (χ1) is 13.5. The van der Waals surface area contributed by atoms with Gasteiger partial charge < -0.3 is 4.74 Å². The van der Waals surface area contributed by atoms with Crippen LogP contribution in [0.25, 0.3) is 0 Å². The van der Waals surface area contributed by atoms with Crippen LogP contribution in [0.2, 0.25) is 0 Å². The van der Waals surface area contributed by atoms with E-state index in [2.05, 4.69) is 118 Å². The van der Waals surface area contributed by atoms with E-state index in [1.807, 2.05) is 0 Å². The molecule has 0 aliphatic carbocycles. The summed E-state index contributed by atoms with van der Waals surface area (Å²) in [6, 6.07) is 0. The summed E-state index contributed by atoms with van der Waals surface area (Å²) in [5, 5.41) is 0.596. The fraction of sp³-hybridized carbons (Fsp3) is 0.950. The molecular formula is C20H33Br7O2. The Morgan fingerprint density at radius 2 is 1.14 bits per heavy atom. The molecule has 2 nitrogen and oxygen atoms in total. The Balaban J connectivity index is 4.13. The summed E-state index contributed by atoms with van der Waals surface area (Å²) in [5.74, 6) is -0.399. The van der Waals surface area contributed by atoms with Gasteiger partial charge in [-0.3, -0.25) is 0 Å². The molecule has 0 unspecified atom stereocenters. The van der Waals surface area contributed by atoms with E-state index in [4.69, 9.17) is 4.74 Å². The lowest BCUT2D eigenvalue weighted by Crippen LogP contribution is -2.52. The van der Waals surface area contributed by atoms with E-state index in [0.717, 1.165) is 12.8 Å². The van der Waals surface area contributed by atoms with Crippen LogP contribution in [0.1, 0.15) is 90.4 Å². The molecule has 0 fully saturated rings. The monoisotopic (exact) mass is 858 g/mol. The minimum atomic E-state index is -1.14. The average molecular weight is 865 g/mol. The van der Waals surface area contributed by atoms with Crippen molar-refractivity contribution in [1.29, 1.82) is 0 Å². The number of unbranched alkanes of at least 4 members (excludes halogenated alkanes) is 11. The first kappa shape index (κ1) is 31.8. The molecule has 0 heterocycles. The summed E-state index contributed by atoms with van der Waals surface area (Å²) in [7, 11) is 0. The Morgan fingerprint density at radius 1 is 0.724 bits per heavy atom. The van der Waals surface area contributed by atoms with Gasteiger partial charge in [-0.15, -0.1) is 0 Å². The number of carbonyl (C=O) groups is 1. The van der Waals surface area contributed by atoms with E-state index in [1.165, 1.54) is 70.6 Å². The molecule has 0 saturated heterocycles. The highest BCUT2D eigenvalue weighted by molar-refractivity contribution is 9.33. The Bertz CT molecular complexity index is 443. The lowest BCUT2D eigenvalue weighted by molar-refractivity contribution is -0.143. The number of carbonyl (C=O) groups excluding carboxylic acids is 1. The van der Waals surface area contributed by atoms with Gasteiger partial charge in [0.1, 0.15) is 13.1 Å². The van der Waals surface area contributed by atoms with E-state index < -0.39 is 15.7 Å². The molecule has 0 rings (SSSR count). The third-order valence-corrected chi connectivity index (χ3v) is 15.7. The highest BCUT2D eigenvalue weighted by Crippen LogP contribution is 2.61. The normalized spacial score (nSPS) is 13.0. The van der Waals surface area contributed by atoms with Crippen molar-refractivity contribution in [3.8, 4) is 0 Å². The lowest BCUT2D eigenvalue weighted by atomic mass is 10.0.